The molecule has 0 fully saturated rings. The number of benzene rings is 2. The number of nitrogens with one attached hydrogen (secondary N) is 3. The number of rotatable bonds is 19. The Morgan fingerprint density at radius 3 is 1.90 bits per heavy atom. The summed E-state index contributed by atoms with van der Waals surface area (Å²) in [6.45, 7) is 4.18. The maximum Gasteiger partial charge on any atom is 0.229 e. The number of ether oxygens (including phenoxy) is 5. The highest BCUT2D eigenvalue weighted by molar-refractivity contribution is 5.45. The fourth-order valence-electron chi connectivity index (χ4n) is 3.54. The number of hydrogen-bond acceptors (Lipinski definition) is 12. The Hall–Kier alpha value is -3.87. The highest BCUT2D eigenvalue weighted by Gasteiger charge is 2.09. The number of anilines is 3. The van der Waals surface area contributed by atoms with Gasteiger partial charge in [0, 0.05) is 26.2 Å². The molecule has 2 aromatic carbocycles. The van der Waals surface area contributed by atoms with Gasteiger partial charge in [-0.1, -0.05) is 18.2 Å². The molecule has 0 atom stereocenters. The lowest BCUT2D eigenvalue weighted by atomic mass is 10.1. The smallest absolute Gasteiger partial charge is 0.229 e. The molecule has 0 spiro atoms. The molecule has 1 aromatic heterocycles. The third-order valence-corrected chi connectivity index (χ3v) is 5.55. The van der Waals surface area contributed by atoms with Gasteiger partial charge in [0.05, 0.1) is 47.8 Å². The van der Waals surface area contributed by atoms with Gasteiger partial charge in [-0.2, -0.15) is 15.0 Å². The van der Waals surface area contributed by atoms with E-state index in [0.29, 0.717) is 82.0 Å². The Morgan fingerprint density at radius 1 is 0.641 bits per heavy atom. The van der Waals surface area contributed by atoms with E-state index in [-0.39, 0.29) is 0 Å². The number of aromatic nitrogens is 3. The summed E-state index contributed by atoms with van der Waals surface area (Å²) in [4.78, 5) is 13.6. The van der Waals surface area contributed by atoms with Crippen molar-refractivity contribution < 1.29 is 23.7 Å². The third-order valence-electron chi connectivity index (χ3n) is 5.55. The van der Waals surface area contributed by atoms with Crippen molar-refractivity contribution >= 4 is 17.8 Å². The van der Waals surface area contributed by atoms with Crippen molar-refractivity contribution in [3.8, 4) is 17.2 Å². The second kappa shape index (κ2) is 16.9. The predicted molar refractivity (Wildman–Crippen MR) is 151 cm³/mol. The van der Waals surface area contributed by atoms with Crippen LogP contribution in [0.25, 0.3) is 0 Å². The van der Waals surface area contributed by atoms with Gasteiger partial charge in [0.1, 0.15) is 5.75 Å². The van der Waals surface area contributed by atoms with Gasteiger partial charge in [0.25, 0.3) is 0 Å². The Kier molecular flexibility index (Phi) is 12.8. The van der Waals surface area contributed by atoms with E-state index in [1.165, 1.54) is 5.56 Å². The van der Waals surface area contributed by atoms with Crippen LogP contribution in [0.3, 0.4) is 0 Å². The summed E-state index contributed by atoms with van der Waals surface area (Å²) in [7, 11) is 4.88. The van der Waals surface area contributed by atoms with Gasteiger partial charge in [-0.15, -0.1) is 0 Å². The average molecular weight is 542 g/mol. The summed E-state index contributed by atoms with van der Waals surface area (Å²) >= 11 is 0. The number of hydrogen-bond donors (Lipinski definition) is 4. The van der Waals surface area contributed by atoms with Crippen LogP contribution in [0, 0.1) is 0 Å². The minimum absolute atomic E-state index is 0.435. The molecular formula is C27H39N7O5. The lowest BCUT2D eigenvalue weighted by molar-refractivity contribution is 0.0547. The lowest BCUT2D eigenvalue weighted by Gasteiger charge is -2.13. The maximum atomic E-state index is 5.58. The van der Waals surface area contributed by atoms with Crippen molar-refractivity contribution in [1.29, 1.82) is 0 Å². The summed E-state index contributed by atoms with van der Waals surface area (Å²) < 4.78 is 26.8. The van der Waals surface area contributed by atoms with E-state index in [2.05, 4.69) is 30.9 Å². The van der Waals surface area contributed by atoms with E-state index in [9.17, 15) is 0 Å². The summed E-state index contributed by atoms with van der Waals surface area (Å²) in [5.41, 5.74) is 7.57. The average Bonchev–Trinajstić information content (AvgIpc) is 2.97. The number of nitrogens with zero attached hydrogens (tertiary/aromatic N) is 3. The Bertz CT molecular complexity index is 1120. The molecular weight excluding hydrogens is 502 g/mol. The minimum atomic E-state index is 0.435. The molecule has 12 heteroatoms. The molecule has 212 valence electrons. The molecule has 5 N–H and O–H groups in total. The first-order valence-corrected chi connectivity index (χ1v) is 12.8. The van der Waals surface area contributed by atoms with Gasteiger partial charge < -0.3 is 45.4 Å². The van der Waals surface area contributed by atoms with Gasteiger partial charge in [-0.3, -0.25) is 0 Å². The van der Waals surface area contributed by atoms with Crippen LogP contribution in [0.15, 0.2) is 42.5 Å². The molecule has 0 bridgehead atoms. The first kappa shape index (κ1) is 29.7. The van der Waals surface area contributed by atoms with Crippen LogP contribution in [0.4, 0.5) is 17.8 Å². The molecule has 0 aliphatic carbocycles. The van der Waals surface area contributed by atoms with E-state index in [4.69, 9.17) is 29.4 Å². The SMILES string of the molecule is COc1ccc(CCNc2nc(NCCOCCOCCN)nc(NCc3ccc(OC)c(OC)c3)n2)cc1. The highest BCUT2D eigenvalue weighted by Crippen LogP contribution is 2.27. The Balaban J connectivity index is 1.60. The van der Waals surface area contributed by atoms with Crippen LogP contribution in [-0.4, -0.2) is 82.3 Å². The lowest BCUT2D eigenvalue weighted by Crippen LogP contribution is -2.17. The van der Waals surface area contributed by atoms with Crippen LogP contribution >= 0.6 is 0 Å². The molecule has 0 saturated carbocycles. The molecule has 0 saturated heterocycles. The fourth-order valence-corrected chi connectivity index (χ4v) is 3.54. The first-order chi connectivity index (χ1) is 19.1. The van der Waals surface area contributed by atoms with E-state index >= 15 is 0 Å². The van der Waals surface area contributed by atoms with Crippen molar-refractivity contribution in [1.82, 2.24) is 15.0 Å². The van der Waals surface area contributed by atoms with Gasteiger partial charge in [-0.05, 0) is 41.8 Å². The van der Waals surface area contributed by atoms with E-state index < -0.39 is 0 Å². The van der Waals surface area contributed by atoms with E-state index in [1.54, 1.807) is 21.3 Å². The zero-order chi connectivity index (χ0) is 27.7. The molecule has 12 nitrogen and oxygen atoms in total. The zero-order valence-corrected chi connectivity index (χ0v) is 22.9. The molecule has 0 aliphatic heterocycles. The standard InChI is InChI=1S/C27H39N7O5/c1-35-22-7-4-20(5-8-22)10-12-29-25-32-26(30-13-15-39-17-16-38-14-11-28)34-27(33-25)31-19-21-6-9-23(36-2)24(18-21)37-3/h4-9,18H,10-17,19,28H2,1-3H3,(H3,29,30,31,32,33,34). The molecule has 0 radical (unpaired) electrons. The Morgan fingerprint density at radius 2 is 1.26 bits per heavy atom. The van der Waals surface area contributed by atoms with Crippen LogP contribution in [0.1, 0.15) is 11.1 Å². The Labute approximate surface area is 229 Å². The van der Waals surface area contributed by atoms with E-state index in [1.807, 2.05) is 42.5 Å². The van der Waals surface area contributed by atoms with Crippen LogP contribution in [0.2, 0.25) is 0 Å². The molecule has 0 amide bonds. The highest BCUT2D eigenvalue weighted by atomic mass is 16.5. The molecule has 0 unspecified atom stereocenters. The molecule has 39 heavy (non-hydrogen) atoms. The van der Waals surface area contributed by atoms with Crippen molar-refractivity contribution in [2.24, 2.45) is 5.73 Å². The summed E-state index contributed by atoms with van der Waals surface area (Å²) in [6, 6.07) is 13.7. The molecule has 1 heterocycles. The predicted octanol–water partition coefficient (Wildman–Crippen LogP) is 2.57. The van der Waals surface area contributed by atoms with Crippen molar-refractivity contribution in [2.75, 3.05) is 83.3 Å². The zero-order valence-electron chi connectivity index (χ0n) is 22.9. The van der Waals surface area contributed by atoms with Crippen molar-refractivity contribution in [3.63, 3.8) is 0 Å². The number of nitrogens with two attached hydrogens (primary N) is 1. The van der Waals surface area contributed by atoms with Gasteiger partial charge in [0.15, 0.2) is 11.5 Å². The quantitative estimate of drug-likeness (QED) is 0.165. The van der Waals surface area contributed by atoms with E-state index in [0.717, 1.165) is 17.7 Å². The third kappa shape index (κ3) is 10.4. The minimum Gasteiger partial charge on any atom is -0.497 e. The van der Waals surface area contributed by atoms with Crippen LogP contribution in [-0.2, 0) is 22.4 Å². The van der Waals surface area contributed by atoms with Crippen molar-refractivity contribution in [2.45, 2.75) is 13.0 Å². The van der Waals surface area contributed by atoms with Gasteiger partial charge >= 0.3 is 0 Å². The van der Waals surface area contributed by atoms with Crippen LogP contribution < -0.4 is 35.9 Å². The summed E-state index contributed by atoms with van der Waals surface area (Å²) in [5, 5.41) is 9.77. The summed E-state index contributed by atoms with van der Waals surface area (Å²) in [6.07, 6.45) is 0.799. The summed E-state index contributed by atoms with van der Waals surface area (Å²) in [5.74, 6) is 3.50. The molecule has 0 aliphatic rings. The van der Waals surface area contributed by atoms with Crippen LogP contribution in [0.5, 0.6) is 17.2 Å². The second-order valence-corrected chi connectivity index (χ2v) is 8.31. The fraction of sp³-hybridized carbons (Fsp3) is 0.444. The monoisotopic (exact) mass is 541 g/mol. The van der Waals surface area contributed by atoms with Crippen molar-refractivity contribution in [3.05, 3.63) is 53.6 Å². The second-order valence-electron chi connectivity index (χ2n) is 8.31. The van der Waals surface area contributed by atoms with Gasteiger partial charge in [-0.25, -0.2) is 0 Å². The largest absolute Gasteiger partial charge is 0.497 e. The maximum absolute atomic E-state index is 5.58. The topological polar surface area (TPSA) is 147 Å². The first-order valence-electron chi connectivity index (χ1n) is 12.8. The normalized spacial score (nSPS) is 10.7. The molecule has 3 aromatic rings. The van der Waals surface area contributed by atoms with Gasteiger partial charge in [0.2, 0.25) is 17.8 Å². The number of methoxy groups -OCH3 is 3. The molecule has 3 rings (SSSR count).